The number of rotatable bonds is 5. The van der Waals surface area contributed by atoms with E-state index in [1.807, 2.05) is 12.1 Å². The molecule has 32 heavy (non-hydrogen) atoms. The summed E-state index contributed by atoms with van der Waals surface area (Å²) in [5.74, 6) is 0.591. The molecule has 0 aliphatic carbocycles. The van der Waals surface area contributed by atoms with Crippen LogP contribution in [0.25, 0.3) is 10.8 Å². The molecule has 0 spiro atoms. The fourth-order valence-corrected chi connectivity index (χ4v) is 4.21. The Balaban J connectivity index is 1.28. The number of nitrogens with zero attached hydrogens (tertiary/aromatic N) is 3. The van der Waals surface area contributed by atoms with Gasteiger partial charge < -0.3 is 18.9 Å². The smallest absolute Gasteiger partial charge is 0.270 e. The lowest BCUT2D eigenvalue weighted by molar-refractivity contribution is 0.0672. The summed E-state index contributed by atoms with van der Waals surface area (Å²) in [6, 6.07) is 13.4. The summed E-state index contributed by atoms with van der Waals surface area (Å²) in [7, 11) is 0. The molecule has 0 saturated carbocycles. The second kappa shape index (κ2) is 8.11. The molecule has 164 valence electrons. The van der Waals surface area contributed by atoms with Crippen molar-refractivity contribution in [1.29, 1.82) is 0 Å². The van der Waals surface area contributed by atoms with Gasteiger partial charge in [-0.15, -0.1) is 0 Å². The molecule has 2 aliphatic heterocycles. The van der Waals surface area contributed by atoms with Crippen molar-refractivity contribution in [3.63, 3.8) is 0 Å². The first-order valence-corrected chi connectivity index (χ1v) is 10.5. The van der Waals surface area contributed by atoms with Crippen LogP contribution in [0, 0.1) is 5.82 Å². The minimum absolute atomic E-state index is 0.209. The summed E-state index contributed by atoms with van der Waals surface area (Å²) in [5, 5.41) is 1.57. The van der Waals surface area contributed by atoms with Crippen LogP contribution in [0.1, 0.15) is 29.1 Å². The van der Waals surface area contributed by atoms with Crippen molar-refractivity contribution in [3.8, 4) is 5.75 Å². The van der Waals surface area contributed by atoms with Crippen molar-refractivity contribution in [2.75, 3.05) is 26.2 Å². The van der Waals surface area contributed by atoms with Gasteiger partial charge in [0, 0.05) is 25.4 Å². The fourth-order valence-electron chi connectivity index (χ4n) is 4.21. The third-order valence-electron chi connectivity index (χ3n) is 5.87. The molecule has 1 amide bonds. The number of hydrogen-bond acceptors (Lipinski definition) is 5. The number of pyridine rings is 1. The van der Waals surface area contributed by atoms with E-state index in [9.17, 15) is 14.0 Å². The van der Waals surface area contributed by atoms with E-state index in [4.69, 9.17) is 9.47 Å². The first-order valence-electron chi connectivity index (χ1n) is 10.5. The van der Waals surface area contributed by atoms with Gasteiger partial charge in [0.1, 0.15) is 30.0 Å². The quantitative estimate of drug-likeness (QED) is 0.617. The molecule has 1 unspecified atom stereocenters. The van der Waals surface area contributed by atoms with E-state index in [2.05, 4.69) is 4.99 Å². The normalized spacial score (nSPS) is 17.8. The van der Waals surface area contributed by atoms with Crippen molar-refractivity contribution in [1.82, 2.24) is 9.47 Å². The highest BCUT2D eigenvalue weighted by Crippen LogP contribution is 2.26. The molecule has 0 radical (unpaired) electrons. The van der Waals surface area contributed by atoms with E-state index in [0.717, 1.165) is 5.39 Å². The first-order chi connectivity index (χ1) is 15.5. The van der Waals surface area contributed by atoms with Crippen LogP contribution < -0.4 is 10.3 Å². The molecule has 0 fully saturated rings. The molecular formula is C24H22FN3O4. The molecular weight excluding hydrogens is 413 g/mol. The molecule has 1 aromatic heterocycles. The van der Waals surface area contributed by atoms with Crippen LogP contribution in [-0.2, 0) is 11.3 Å². The van der Waals surface area contributed by atoms with Crippen molar-refractivity contribution in [3.05, 3.63) is 76.0 Å². The van der Waals surface area contributed by atoms with Gasteiger partial charge in [-0.05, 0) is 35.7 Å². The van der Waals surface area contributed by atoms with Crippen molar-refractivity contribution < 1.29 is 18.7 Å². The number of amides is 1. The van der Waals surface area contributed by atoms with Crippen LogP contribution in [-0.4, -0.2) is 47.5 Å². The van der Waals surface area contributed by atoms with Crippen LogP contribution in [0.3, 0.4) is 0 Å². The second-order valence-corrected chi connectivity index (χ2v) is 7.86. The second-order valence-electron chi connectivity index (χ2n) is 7.86. The summed E-state index contributed by atoms with van der Waals surface area (Å²) in [5.41, 5.74) is 0.662. The Bertz CT molecular complexity index is 1300. The summed E-state index contributed by atoms with van der Waals surface area (Å²) in [6.45, 7) is 3.60. The molecule has 2 aromatic carbocycles. The minimum Gasteiger partial charge on any atom is -0.491 e. The Morgan fingerprint density at radius 3 is 2.84 bits per heavy atom. The number of hydrogen-bond donors (Lipinski definition) is 0. The largest absolute Gasteiger partial charge is 0.491 e. The number of aliphatic imine (C=N–C) groups is 1. The highest BCUT2D eigenvalue weighted by Gasteiger charge is 2.29. The standard InChI is InChI=1S/C24H22FN3O4/c1-15-26-14-22(32-15)18-7-8-20-24(30)27(9-10-28(20)23(18)29)11-12-31-21-4-2-3-16-5-6-17(25)13-19(16)21/h2-8,13,22H,9-12,14H2,1H3. The average Bonchev–Trinajstić information content (AvgIpc) is 3.22. The predicted octanol–water partition coefficient (Wildman–Crippen LogP) is 3.17. The molecule has 7 nitrogen and oxygen atoms in total. The SMILES string of the molecule is CC1=NCC(c2ccc3n(c2=O)CCN(CCOc2cccc4ccc(F)cc24)C3=O)O1. The maximum Gasteiger partial charge on any atom is 0.270 e. The van der Waals surface area contributed by atoms with Gasteiger partial charge in [0.05, 0.1) is 18.7 Å². The zero-order valence-electron chi connectivity index (χ0n) is 17.6. The van der Waals surface area contributed by atoms with Crippen molar-refractivity contribution in [2.24, 2.45) is 4.99 Å². The van der Waals surface area contributed by atoms with Crippen LogP contribution in [0.5, 0.6) is 5.75 Å². The number of aromatic nitrogens is 1. The van der Waals surface area contributed by atoms with E-state index >= 15 is 0 Å². The molecule has 3 aromatic rings. The summed E-state index contributed by atoms with van der Waals surface area (Å²) >= 11 is 0. The van der Waals surface area contributed by atoms with Crippen LogP contribution in [0.2, 0.25) is 0 Å². The lowest BCUT2D eigenvalue weighted by atomic mass is 10.1. The zero-order valence-corrected chi connectivity index (χ0v) is 17.6. The zero-order chi connectivity index (χ0) is 22.2. The number of halogens is 1. The molecule has 2 aliphatic rings. The lowest BCUT2D eigenvalue weighted by Crippen LogP contribution is -2.46. The van der Waals surface area contributed by atoms with Gasteiger partial charge in [-0.1, -0.05) is 18.2 Å². The fraction of sp³-hybridized carbons (Fsp3) is 0.292. The highest BCUT2D eigenvalue weighted by molar-refractivity contribution is 5.93. The molecule has 1 atom stereocenters. The van der Waals surface area contributed by atoms with Gasteiger partial charge in [-0.3, -0.25) is 14.6 Å². The molecule has 0 N–H and O–H groups in total. The van der Waals surface area contributed by atoms with E-state index in [1.54, 1.807) is 36.1 Å². The van der Waals surface area contributed by atoms with Gasteiger partial charge in [0.25, 0.3) is 11.5 Å². The van der Waals surface area contributed by atoms with Gasteiger partial charge in [0.2, 0.25) is 0 Å². The minimum atomic E-state index is -0.396. The van der Waals surface area contributed by atoms with E-state index in [0.29, 0.717) is 54.5 Å². The Labute approximate surface area is 183 Å². The van der Waals surface area contributed by atoms with Crippen molar-refractivity contribution >= 4 is 22.6 Å². The average molecular weight is 435 g/mol. The van der Waals surface area contributed by atoms with Crippen LogP contribution in [0.15, 0.2) is 58.3 Å². The number of ether oxygens (including phenoxy) is 2. The summed E-state index contributed by atoms with van der Waals surface area (Å²) in [4.78, 5) is 31.7. The molecule has 0 saturated heterocycles. The third kappa shape index (κ3) is 3.62. The van der Waals surface area contributed by atoms with Crippen LogP contribution in [0.4, 0.5) is 4.39 Å². The molecule has 8 heteroatoms. The maximum absolute atomic E-state index is 13.6. The van der Waals surface area contributed by atoms with Gasteiger partial charge in [-0.25, -0.2) is 4.39 Å². The summed E-state index contributed by atoms with van der Waals surface area (Å²) < 4.78 is 26.6. The van der Waals surface area contributed by atoms with Gasteiger partial charge in [-0.2, -0.15) is 0 Å². The van der Waals surface area contributed by atoms with Gasteiger partial charge in [0.15, 0.2) is 5.90 Å². The Morgan fingerprint density at radius 2 is 2.03 bits per heavy atom. The maximum atomic E-state index is 13.6. The molecule has 3 heterocycles. The monoisotopic (exact) mass is 435 g/mol. The Kier molecular flexibility index (Phi) is 5.13. The predicted molar refractivity (Wildman–Crippen MR) is 118 cm³/mol. The number of carbonyl (C=O) groups excluding carboxylic acids is 1. The molecule has 0 bridgehead atoms. The topological polar surface area (TPSA) is 73.1 Å². The van der Waals surface area contributed by atoms with Gasteiger partial charge >= 0.3 is 0 Å². The lowest BCUT2D eigenvalue weighted by Gasteiger charge is -2.30. The van der Waals surface area contributed by atoms with Crippen molar-refractivity contribution in [2.45, 2.75) is 19.6 Å². The highest BCUT2D eigenvalue weighted by atomic mass is 19.1. The molecule has 5 rings (SSSR count). The Hall–Kier alpha value is -3.68. The number of carbonyl (C=O) groups is 1. The third-order valence-corrected chi connectivity index (χ3v) is 5.87. The van der Waals surface area contributed by atoms with E-state index in [1.165, 1.54) is 16.7 Å². The number of benzene rings is 2. The van der Waals surface area contributed by atoms with E-state index in [-0.39, 0.29) is 23.9 Å². The first kappa shape index (κ1) is 20.2. The van der Waals surface area contributed by atoms with E-state index < -0.39 is 6.10 Å². The number of fused-ring (bicyclic) bond motifs is 2. The van der Waals surface area contributed by atoms with Crippen LogP contribution >= 0.6 is 0 Å². The Morgan fingerprint density at radius 1 is 1.16 bits per heavy atom. The summed E-state index contributed by atoms with van der Waals surface area (Å²) in [6.07, 6.45) is -0.396.